The minimum atomic E-state index is -1.06. The molecule has 0 amide bonds. The van der Waals surface area contributed by atoms with Crippen molar-refractivity contribution in [3.05, 3.63) is 61.0 Å². The second kappa shape index (κ2) is 6.23. The van der Waals surface area contributed by atoms with Crippen molar-refractivity contribution in [3.63, 3.8) is 0 Å². The van der Waals surface area contributed by atoms with Crippen LogP contribution in [-0.2, 0) is 0 Å². The van der Waals surface area contributed by atoms with Gasteiger partial charge in [-0.05, 0) is 56.1 Å². The van der Waals surface area contributed by atoms with Crippen LogP contribution in [0.25, 0.3) is 0 Å². The highest BCUT2D eigenvalue weighted by atomic mass is 79.9. The summed E-state index contributed by atoms with van der Waals surface area (Å²) < 4.78 is 6.22. The summed E-state index contributed by atoms with van der Waals surface area (Å²) in [5, 5.41) is 19.7. The molecule has 0 radical (unpaired) electrons. The Balaban J connectivity index is 2.37. The van der Waals surface area contributed by atoms with Crippen LogP contribution in [0, 0.1) is 10.1 Å². The fourth-order valence-electron chi connectivity index (χ4n) is 1.55. The molecule has 0 saturated carbocycles. The van der Waals surface area contributed by atoms with Crippen molar-refractivity contribution < 1.29 is 19.6 Å². The first-order valence-corrected chi connectivity index (χ1v) is 7.12. The van der Waals surface area contributed by atoms with Gasteiger partial charge in [0.05, 0.1) is 15.0 Å². The van der Waals surface area contributed by atoms with E-state index < -0.39 is 10.9 Å². The molecule has 1 N–H and O–H groups in total. The van der Waals surface area contributed by atoms with Crippen molar-refractivity contribution in [1.29, 1.82) is 0 Å². The molecule has 0 bridgehead atoms. The van der Waals surface area contributed by atoms with E-state index in [1.165, 1.54) is 30.3 Å². The molecule has 2 aromatic carbocycles. The third kappa shape index (κ3) is 3.40. The van der Waals surface area contributed by atoms with Gasteiger partial charge in [-0.15, -0.1) is 0 Å². The number of carbonyl (C=O) groups is 1. The lowest BCUT2D eigenvalue weighted by atomic mass is 10.2. The first-order valence-electron chi connectivity index (χ1n) is 5.53. The van der Waals surface area contributed by atoms with Crippen LogP contribution >= 0.6 is 31.9 Å². The number of ether oxygens (including phenoxy) is 1. The molecular weight excluding hydrogens is 410 g/mol. The highest BCUT2D eigenvalue weighted by molar-refractivity contribution is 9.11. The Kier molecular flexibility index (Phi) is 4.59. The summed E-state index contributed by atoms with van der Waals surface area (Å²) >= 11 is 6.33. The fourth-order valence-corrected chi connectivity index (χ4v) is 2.50. The van der Waals surface area contributed by atoms with E-state index in [1.54, 1.807) is 6.07 Å². The van der Waals surface area contributed by atoms with Crippen molar-refractivity contribution in [2.45, 2.75) is 0 Å². The summed E-state index contributed by atoms with van der Waals surface area (Å²) in [6.07, 6.45) is 0. The zero-order chi connectivity index (χ0) is 15.6. The Labute approximate surface area is 135 Å². The van der Waals surface area contributed by atoms with Gasteiger partial charge in [0.2, 0.25) is 0 Å². The summed E-state index contributed by atoms with van der Waals surface area (Å²) in [7, 11) is 0. The van der Waals surface area contributed by atoms with Crippen LogP contribution in [0.15, 0.2) is 45.3 Å². The number of nitro groups is 1. The number of hydrogen-bond donors (Lipinski definition) is 1. The first kappa shape index (κ1) is 15.5. The molecule has 108 valence electrons. The summed E-state index contributed by atoms with van der Waals surface area (Å²) in [5.74, 6) is -0.451. The number of halogens is 2. The molecule has 0 atom stereocenters. The van der Waals surface area contributed by atoms with Crippen molar-refractivity contribution >= 4 is 43.5 Å². The molecule has 2 rings (SSSR count). The van der Waals surface area contributed by atoms with Crippen LogP contribution in [0.3, 0.4) is 0 Å². The number of carboxylic acids is 1. The molecule has 0 fully saturated rings. The van der Waals surface area contributed by atoms with Gasteiger partial charge in [-0.1, -0.05) is 6.07 Å². The van der Waals surface area contributed by atoms with Crippen molar-refractivity contribution in [2.75, 3.05) is 0 Å². The van der Waals surface area contributed by atoms with E-state index in [0.717, 1.165) is 0 Å². The molecule has 0 heterocycles. The lowest BCUT2D eigenvalue weighted by Gasteiger charge is -2.10. The highest BCUT2D eigenvalue weighted by Crippen LogP contribution is 2.38. The summed E-state index contributed by atoms with van der Waals surface area (Å²) in [4.78, 5) is 21.2. The molecule has 0 spiro atoms. The minimum absolute atomic E-state index is 0.104. The van der Waals surface area contributed by atoms with Crippen LogP contribution in [0.1, 0.15) is 10.4 Å². The average Bonchev–Trinajstić information content (AvgIpc) is 2.42. The predicted octanol–water partition coefficient (Wildman–Crippen LogP) is 4.61. The molecule has 0 aliphatic carbocycles. The van der Waals surface area contributed by atoms with Crippen molar-refractivity contribution in [1.82, 2.24) is 0 Å². The maximum Gasteiger partial charge on any atom is 0.335 e. The molecule has 0 saturated heterocycles. The minimum Gasteiger partial charge on any atom is -0.478 e. The first-order chi connectivity index (χ1) is 9.90. The largest absolute Gasteiger partial charge is 0.478 e. The van der Waals surface area contributed by atoms with E-state index in [9.17, 15) is 14.9 Å². The van der Waals surface area contributed by atoms with Crippen LogP contribution < -0.4 is 4.74 Å². The van der Waals surface area contributed by atoms with Crippen molar-refractivity contribution in [3.8, 4) is 11.5 Å². The van der Waals surface area contributed by atoms with Gasteiger partial charge in [-0.25, -0.2) is 4.79 Å². The second-order valence-electron chi connectivity index (χ2n) is 3.90. The molecule has 6 nitrogen and oxygen atoms in total. The lowest BCUT2D eigenvalue weighted by molar-refractivity contribution is -0.385. The molecule has 8 heteroatoms. The molecular formula is C13H7Br2NO5. The number of nitrogens with zero attached hydrogens (tertiary/aromatic N) is 1. The maximum absolute atomic E-state index is 10.9. The van der Waals surface area contributed by atoms with Crippen molar-refractivity contribution in [2.24, 2.45) is 0 Å². The molecule has 0 aliphatic heterocycles. The topological polar surface area (TPSA) is 89.7 Å². The number of carboxylic acid groups (broad SMARTS) is 1. The standard InChI is InChI=1S/C13H7Br2NO5/c14-8-6-7(13(17)18)4-5-10(8)21-11-3-1-2-9(12(11)15)16(19)20/h1-6H,(H,17,18). The van der Waals surface area contributed by atoms with Gasteiger partial charge in [0.25, 0.3) is 5.69 Å². The van der Waals surface area contributed by atoms with Gasteiger partial charge in [0.15, 0.2) is 0 Å². The molecule has 0 unspecified atom stereocenters. The highest BCUT2D eigenvalue weighted by Gasteiger charge is 2.17. The Morgan fingerprint density at radius 2 is 1.90 bits per heavy atom. The number of hydrogen-bond acceptors (Lipinski definition) is 4. The smallest absolute Gasteiger partial charge is 0.335 e. The fraction of sp³-hybridized carbons (Fsp3) is 0. The van der Waals surface area contributed by atoms with Crippen LogP contribution in [0.4, 0.5) is 5.69 Å². The number of benzene rings is 2. The Hall–Kier alpha value is -1.93. The van der Waals surface area contributed by atoms with Crippen LogP contribution in [-0.4, -0.2) is 16.0 Å². The van der Waals surface area contributed by atoms with Gasteiger partial charge < -0.3 is 9.84 Å². The summed E-state index contributed by atoms with van der Waals surface area (Å²) in [6, 6.07) is 8.65. The Bertz CT molecular complexity index is 732. The van der Waals surface area contributed by atoms with Crippen LogP contribution in [0.2, 0.25) is 0 Å². The molecule has 2 aromatic rings. The molecule has 0 aliphatic rings. The van der Waals surface area contributed by atoms with E-state index in [4.69, 9.17) is 9.84 Å². The van der Waals surface area contributed by atoms with Gasteiger partial charge in [0, 0.05) is 6.07 Å². The third-order valence-corrected chi connectivity index (χ3v) is 3.96. The third-order valence-electron chi connectivity index (χ3n) is 2.54. The van der Waals surface area contributed by atoms with Gasteiger partial charge in [0.1, 0.15) is 16.0 Å². The van der Waals surface area contributed by atoms with Gasteiger partial charge in [-0.3, -0.25) is 10.1 Å². The zero-order valence-corrected chi connectivity index (χ0v) is 13.4. The number of aromatic carboxylic acids is 1. The monoisotopic (exact) mass is 415 g/mol. The van der Waals surface area contributed by atoms with E-state index in [1.807, 2.05) is 0 Å². The Morgan fingerprint density at radius 1 is 1.19 bits per heavy atom. The normalized spacial score (nSPS) is 10.2. The van der Waals surface area contributed by atoms with E-state index >= 15 is 0 Å². The lowest BCUT2D eigenvalue weighted by Crippen LogP contribution is -1.97. The van der Waals surface area contributed by atoms with E-state index in [0.29, 0.717) is 10.2 Å². The molecule has 21 heavy (non-hydrogen) atoms. The predicted molar refractivity (Wildman–Crippen MR) is 82.0 cm³/mol. The van der Waals surface area contributed by atoms with Gasteiger partial charge >= 0.3 is 5.97 Å². The number of nitro benzene ring substituents is 1. The second-order valence-corrected chi connectivity index (χ2v) is 5.55. The van der Waals surface area contributed by atoms with E-state index in [2.05, 4.69) is 31.9 Å². The SMILES string of the molecule is O=C(O)c1ccc(Oc2cccc([N+](=O)[O-])c2Br)c(Br)c1. The van der Waals surface area contributed by atoms with Crippen LogP contribution in [0.5, 0.6) is 11.5 Å². The Morgan fingerprint density at radius 3 is 2.48 bits per heavy atom. The molecule has 0 aromatic heterocycles. The zero-order valence-electron chi connectivity index (χ0n) is 10.2. The van der Waals surface area contributed by atoms with E-state index in [-0.39, 0.29) is 21.5 Å². The quantitative estimate of drug-likeness (QED) is 0.580. The van der Waals surface area contributed by atoms with Gasteiger partial charge in [-0.2, -0.15) is 0 Å². The summed E-state index contributed by atoms with van der Waals surface area (Å²) in [6.45, 7) is 0. The average molecular weight is 417 g/mol. The maximum atomic E-state index is 10.9. The number of rotatable bonds is 4. The summed E-state index contributed by atoms with van der Waals surface area (Å²) in [5.41, 5.74) is -0.0156.